The second-order valence-electron chi connectivity index (χ2n) is 6.71. The third kappa shape index (κ3) is 3.28. The summed E-state index contributed by atoms with van der Waals surface area (Å²) in [5.74, 6) is 0.656. The molecule has 0 aliphatic carbocycles. The van der Waals surface area contributed by atoms with E-state index in [9.17, 15) is 9.59 Å². The molecule has 0 spiro atoms. The highest BCUT2D eigenvalue weighted by Gasteiger charge is 2.33. The summed E-state index contributed by atoms with van der Waals surface area (Å²) in [4.78, 5) is 26.6. The Morgan fingerprint density at radius 2 is 2.00 bits per heavy atom. The van der Waals surface area contributed by atoms with Crippen LogP contribution in [0.3, 0.4) is 0 Å². The van der Waals surface area contributed by atoms with Crippen molar-refractivity contribution in [1.82, 2.24) is 24.8 Å². The topological polar surface area (TPSA) is 79.6 Å². The minimum atomic E-state index is -0.501. The van der Waals surface area contributed by atoms with E-state index in [1.165, 1.54) is 0 Å². The minimum absolute atomic E-state index is 0.0804. The molecule has 7 nitrogen and oxygen atoms in total. The summed E-state index contributed by atoms with van der Waals surface area (Å²) >= 11 is 0. The highest BCUT2D eigenvalue weighted by Crippen LogP contribution is 2.24. The molecule has 7 heteroatoms. The molecular formula is C20H21N5O2. The number of aryl methyl sites for hydroxylation is 1. The van der Waals surface area contributed by atoms with Gasteiger partial charge >= 0.3 is 0 Å². The van der Waals surface area contributed by atoms with Crippen LogP contribution in [-0.2, 0) is 17.8 Å². The summed E-state index contributed by atoms with van der Waals surface area (Å²) in [6, 6.07) is 12.8. The van der Waals surface area contributed by atoms with E-state index in [4.69, 9.17) is 0 Å². The van der Waals surface area contributed by atoms with Gasteiger partial charge in [-0.2, -0.15) is 0 Å². The number of amides is 2. The maximum Gasteiger partial charge on any atom is 0.255 e. The molecular weight excluding hydrogens is 342 g/mol. The zero-order valence-corrected chi connectivity index (χ0v) is 15.1. The first-order valence-electron chi connectivity index (χ1n) is 9.10. The summed E-state index contributed by atoms with van der Waals surface area (Å²) in [5.41, 5.74) is 2.48. The summed E-state index contributed by atoms with van der Waals surface area (Å²) in [5, 5.41) is 11.2. The number of fused-ring (bicyclic) bond motifs is 2. The number of hydrogen-bond donors (Lipinski definition) is 1. The Bertz CT molecular complexity index is 997. The van der Waals surface area contributed by atoms with Crippen molar-refractivity contribution in [1.29, 1.82) is 0 Å². The Kier molecular flexibility index (Phi) is 4.58. The predicted octanol–water partition coefficient (Wildman–Crippen LogP) is 1.82. The quantitative estimate of drug-likeness (QED) is 0.678. The van der Waals surface area contributed by atoms with Crippen molar-refractivity contribution in [3.05, 3.63) is 65.6 Å². The van der Waals surface area contributed by atoms with Gasteiger partial charge in [0.25, 0.3) is 5.91 Å². The van der Waals surface area contributed by atoms with Crippen molar-refractivity contribution >= 4 is 17.5 Å². The Balaban J connectivity index is 1.29. The molecule has 1 N–H and O–H groups in total. The van der Waals surface area contributed by atoms with Crippen molar-refractivity contribution in [2.75, 3.05) is 6.54 Å². The van der Waals surface area contributed by atoms with E-state index in [1.54, 1.807) is 11.8 Å². The summed E-state index contributed by atoms with van der Waals surface area (Å²) in [6.45, 7) is 2.78. The third-order valence-electron chi connectivity index (χ3n) is 4.96. The Labute approximate surface area is 157 Å². The van der Waals surface area contributed by atoms with Crippen LogP contribution in [-0.4, -0.2) is 43.9 Å². The fourth-order valence-corrected chi connectivity index (χ4v) is 3.40. The number of carbonyl (C=O) groups is 2. The molecule has 1 atom stereocenters. The fraction of sp³-hybridized carbons (Fsp3) is 0.300. The van der Waals surface area contributed by atoms with E-state index in [0.717, 1.165) is 23.5 Å². The zero-order chi connectivity index (χ0) is 18.8. The molecule has 2 amide bonds. The van der Waals surface area contributed by atoms with E-state index in [-0.39, 0.29) is 11.8 Å². The maximum absolute atomic E-state index is 12.5. The smallest absolute Gasteiger partial charge is 0.255 e. The molecule has 3 heterocycles. The zero-order valence-electron chi connectivity index (χ0n) is 15.1. The number of nitrogens with zero attached hydrogens (tertiary/aromatic N) is 4. The molecule has 0 bridgehead atoms. The average Bonchev–Trinajstić information content (AvgIpc) is 3.26. The van der Waals surface area contributed by atoms with Crippen LogP contribution < -0.4 is 5.32 Å². The molecule has 1 aromatic carbocycles. The molecule has 1 aliphatic rings. The molecule has 0 saturated carbocycles. The second-order valence-corrected chi connectivity index (χ2v) is 6.71. The van der Waals surface area contributed by atoms with Gasteiger partial charge in [-0.1, -0.05) is 24.3 Å². The summed E-state index contributed by atoms with van der Waals surface area (Å²) in [6.07, 6.45) is 3.40. The highest BCUT2D eigenvalue weighted by molar-refractivity contribution is 6.00. The van der Waals surface area contributed by atoms with Crippen LogP contribution in [0, 0.1) is 0 Å². The van der Waals surface area contributed by atoms with Crippen molar-refractivity contribution < 1.29 is 9.59 Å². The molecule has 4 rings (SSSR count). The normalized spacial score (nSPS) is 14.4. The van der Waals surface area contributed by atoms with E-state index in [0.29, 0.717) is 25.1 Å². The van der Waals surface area contributed by atoms with Crippen molar-refractivity contribution in [3.8, 4) is 0 Å². The lowest BCUT2D eigenvalue weighted by Gasteiger charge is -2.23. The Hall–Kier alpha value is -3.22. The largest absolute Gasteiger partial charge is 0.354 e. The lowest BCUT2D eigenvalue weighted by atomic mass is 10.1. The molecule has 27 heavy (non-hydrogen) atoms. The third-order valence-corrected chi connectivity index (χ3v) is 4.96. The predicted molar refractivity (Wildman–Crippen MR) is 100 cm³/mol. The number of benzene rings is 1. The van der Waals surface area contributed by atoms with Crippen LogP contribution in [0.15, 0.2) is 48.7 Å². The average molecular weight is 363 g/mol. The van der Waals surface area contributed by atoms with Crippen molar-refractivity contribution in [3.63, 3.8) is 0 Å². The van der Waals surface area contributed by atoms with E-state index in [2.05, 4.69) is 15.5 Å². The number of rotatable bonds is 6. The number of hydrogen-bond acceptors (Lipinski definition) is 4. The monoisotopic (exact) mass is 363 g/mol. The van der Waals surface area contributed by atoms with Gasteiger partial charge in [0, 0.05) is 31.3 Å². The van der Waals surface area contributed by atoms with Crippen LogP contribution in [0.4, 0.5) is 0 Å². The van der Waals surface area contributed by atoms with Gasteiger partial charge in [-0.25, -0.2) is 0 Å². The lowest BCUT2D eigenvalue weighted by molar-refractivity contribution is -0.125. The van der Waals surface area contributed by atoms with Crippen LogP contribution >= 0.6 is 0 Å². The fourth-order valence-electron chi connectivity index (χ4n) is 3.40. The van der Waals surface area contributed by atoms with Gasteiger partial charge in [-0.3, -0.25) is 14.0 Å². The van der Waals surface area contributed by atoms with Crippen LogP contribution in [0.25, 0.3) is 5.65 Å². The van der Waals surface area contributed by atoms with E-state index >= 15 is 0 Å². The first-order valence-corrected chi connectivity index (χ1v) is 9.10. The minimum Gasteiger partial charge on any atom is -0.354 e. The van der Waals surface area contributed by atoms with Gasteiger partial charge in [0.15, 0.2) is 5.65 Å². The molecule has 2 aromatic heterocycles. The van der Waals surface area contributed by atoms with Crippen LogP contribution in [0.1, 0.15) is 35.1 Å². The van der Waals surface area contributed by atoms with Gasteiger partial charge in [-0.15, -0.1) is 10.2 Å². The maximum atomic E-state index is 12.5. The molecule has 138 valence electrons. The van der Waals surface area contributed by atoms with E-state index < -0.39 is 6.04 Å². The van der Waals surface area contributed by atoms with Gasteiger partial charge in [-0.05, 0) is 37.1 Å². The summed E-state index contributed by atoms with van der Waals surface area (Å²) < 4.78 is 1.95. The number of nitrogens with one attached hydrogen (secondary N) is 1. The molecule has 0 fully saturated rings. The van der Waals surface area contributed by atoms with Crippen LogP contribution in [0.5, 0.6) is 0 Å². The molecule has 3 aromatic rings. The van der Waals surface area contributed by atoms with Gasteiger partial charge in [0.2, 0.25) is 5.91 Å². The molecule has 0 unspecified atom stereocenters. The van der Waals surface area contributed by atoms with E-state index in [1.807, 2.05) is 53.1 Å². The molecule has 0 saturated heterocycles. The van der Waals surface area contributed by atoms with Gasteiger partial charge in [0.1, 0.15) is 11.9 Å². The lowest BCUT2D eigenvalue weighted by Crippen LogP contribution is -2.45. The highest BCUT2D eigenvalue weighted by atomic mass is 16.2. The van der Waals surface area contributed by atoms with Gasteiger partial charge in [0.05, 0.1) is 0 Å². The number of carbonyl (C=O) groups excluding carboxylic acids is 2. The van der Waals surface area contributed by atoms with Crippen molar-refractivity contribution in [2.45, 2.75) is 32.4 Å². The number of aromatic nitrogens is 3. The first kappa shape index (κ1) is 17.2. The Morgan fingerprint density at radius 3 is 2.85 bits per heavy atom. The number of pyridine rings is 1. The van der Waals surface area contributed by atoms with Crippen molar-refractivity contribution in [2.24, 2.45) is 0 Å². The SMILES string of the molecule is C[C@@H](C(=O)NCCCc1nnc2ccccn12)N1Cc2ccccc2C1=O. The summed E-state index contributed by atoms with van der Waals surface area (Å²) in [7, 11) is 0. The Morgan fingerprint density at radius 1 is 1.19 bits per heavy atom. The molecule has 1 aliphatic heterocycles. The molecule has 0 radical (unpaired) electrons. The van der Waals surface area contributed by atoms with Crippen LogP contribution in [0.2, 0.25) is 0 Å². The standard InChI is InChI=1S/C20H21N5O2/c1-14(25-13-15-7-2-3-8-16(15)20(25)27)19(26)21-11-6-10-18-23-22-17-9-4-5-12-24(17)18/h2-5,7-9,12,14H,6,10-11,13H2,1H3,(H,21,26)/t14-/m0/s1. The second kappa shape index (κ2) is 7.19. The van der Waals surface area contributed by atoms with Gasteiger partial charge < -0.3 is 10.2 Å². The first-order chi connectivity index (χ1) is 13.1.